The van der Waals surface area contributed by atoms with Crippen LogP contribution in [0.1, 0.15) is 104 Å². The van der Waals surface area contributed by atoms with Crippen molar-refractivity contribution < 1.29 is 19.1 Å². The van der Waals surface area contributed by atoms with Crippen molar-refractivity contribution in [2.45, 2.75) is 98.0 Å². The molecule has 1 aromatic rings. The van der Waals surface area contributed by atoms with Gasteiger partial charge in [0.1, 0.15) is 17.1 Å². The number of rotatable bonds is 7. The standard InChI is InChI=1S/C26H36O4/c1-7-8-9-11-16(2)17(3)19-14-22(29-18(4)27)24-20-12-10-13-21(28)25(20)26(5,6)30-23(24)15-19/h14-17H,7-13H2,1-6H3. The highest BCUT2D eigenvalue weighted by molar-refractivity contribution is 6.07. The average Bonchev–Trinajstić information content (AvgIpc) is 2.65. The lowest BCUT2D eigenvalue weighted by molar-refractivity contribution is -0.131. The van der Waals surface area contributed by atoms with Crippen LogP contribution >= 0.6 is 0 Å². The minimum atomic E-state index is -0.679. The van der Waals surface area contributed by atoms with E-state index in [0.717, 1.165) is 40.9 Å². The van der Waals surface area contributed by atoms with Crippen molar-refractivity contribution >= 4 is 17.3 Å². The molecule has 1 aromatic carbocycles. The number of unbranched alkanes of at least 4 members (excludes halogenated alkanes) is 2. The molecule has 0 saturated heterocycles. The molecular formula is C26H36O4. The number of ketones is 1. The predicted octanol–water partition coefficient (Wildman–Crippen LogP) is 6.61. The Hall–Kier alpha value is -2.10. The third kappa shape index (κ3) is 4.48. The molecule has 1 aliphatic carbocycles. The van der Waals surface area contributed by atoms with Gasteiger partial charge in [0.25, 0.3) is 0 Å². The number of esters is 1. The van der Waals surface area contributed by atoms with Gasteiger partial charge in [-0.25, -0.2) is 0 Å². The minimum Gasteiger partial charge on any atom is -0.482 e. The Labute approximate surface area is 181 Å². The summed E-state index contributed by atoms with van der Waals surface area (Å²) in [6.07, 6.45) is 7.04. The molecule has 0 aromatic heterocycles. The molecule has 0 amide bonds. The number of hydrogen-bond acceptors (Lipinski definition) is 4. The van der Waals surface area contributed by atoms with Crippen LogP contribution in [0.2, 0.25) is 0 Å². The van der Waals surface area contributed by atoms with Crippen molar-refractivity contribution in [3.05, 3.63) is 28.8 Å². The van der Waals surface area contributed by atoms with E-state index in [1.54, 1.807) is 0 Å². The summed E-state index contributed by atoms with van der Waals surface area (Å²) >= 11 is 0. The Balaban J connectivity index is 2.08. The molecule has 30 heavy (non-hydrogen) atoms. The lowest BCUT2D eigenvalue weighted by Gasteiger charge is -2.39. The Kier molecular flexibility index (Phi) is 6.74. The summed E-state index contributed by atoms with van der Waals surface area (Å²) in [5, 5.41) is 0. The zero-order chi connectivity index (χ0) is 22.1. The normalized spacial score (nSPS) is 19.5. The van der Waals surface area contributed by atoms with E-state index in [2.05, 4.69) is 26.8 Å². The Bertz CT molecular complexity index is 862. The van der Waals surface area contributed by atoms with Gasteiger partial charge in [0.15, 0.2) is 5.78 Å². The van der Waals surface area contributed by atoms with E-state index in [9.17, 15) is 9.59 Å². The smallest absolute Gasteiger partial charge is 0.308 e. The van der Waals surface area contributed by atoms with Crippen molar-refractivity contribution in [1.82, 2.24) is 0 Å². The Morgan fingerprint density at radius 3 is 2.60 bits per heavy atom. The quantitative estimate of drug-likeness (QED) is 0.287. The summed E-state index contributed by atoms with van der Waals surface area (Å²) in [4.78, 5) is 24.6. The molecule has 2 atom stereocenters. The van der Waals surface area contributed by atoms with Crippen LogP contribution in [0.4, 0.5) is 0 Å². The molecule has 2 unspecified atom stereocenters. The fourth-order valence-electron chi connectivity index (χ4n) is 4.90. The summed E-state index contributed by atoms with van der Waals surface area (Å²) < 4.78 is 12.1. The van der Waals surface area contributed by atoms with Gasteiger partial charge < -0.3 is 9.47 Å². The van der Waals surface area contributed by atoms with Crippen molar-refractivity contribution in [2.24, 2.45) is 5.92 Å². The molecule has 0 fully saturated rings. The predicted molar refractivity (Wildman–Crippen MR) is 120 cm³/mol. The maximum atomic E-state index is 12.7. The van der Waals surface area contributed by atoms with Crippen LogP contribution in [0.3, 0.4) is 0 Å². The maximum absolute atomic E-state index is 12.7. The van der Waals surface area contributed by atoms with Crippen molar-refractivity contribution in [3.63, 3.8) is 0 Å². The van der Waals surface area contributed by atoms with Crippen LogP contribution in [0.25, 0.3) is 5.57 Å². The number of ether oxygens (including phenoxy) is 2. The first-order valence-electron chi connectivity index (χ1n) is 11.5. The summed E-state index contributed by atoms with van der Waals surface area (Å²) in [6, 6.07) is 4.10. The molecular weight excluding hydrogens is 376 g/mol. The van der Waals surface area contributed by atoms with Gasteiger partial charge in [0, 0.05) is 18.9 Å². The molecule has 0 N–H and O–H groups in total. The van der Waals surface area contributed by atoms with Crippen LogP contribution in [0, 0.1) is 5.92 Å². The van der Waals surface area contributed by atoms with Gasteiger partial charge in [0.05, 0.1) is 5.56 Å². The Morgan fingerprint density at radius 1 is 1.20 bits per heavy atom. The second-order valence-electron chi connectivity index (χ2n) is 9.49. The number of Topliss-reactive ketones (excluding diaryl/α,β-unsaturated/α-hetero) is 1. The number of allylic oxidation sites excluding steroid dienone is 1. The van der Waals surface area contributed by atoms with Gasteiger partial charge in [-0.3, -0.25) is 9.59 Å². The molecule has 1 aliphatic heterocycles. The van der Waals surface area contributed by atoms with E-state index in [-0.39, 0.29) is 11.8 Å². The second-order valence-corrected chi connectivity index (χ2v) is 9.49. The van der Waals surface area contributed by atoms with Gasteiger partial charge in [-0.15, -0.1) is 0 Å². The van der Waals surface area contributed by atoms with Gasteiger partial charge in [-0.1, -0.05) is 46.5 Å². The molecule has 4 heteroatoms. The highest BCUT2D eigenvalue weighted by Gasteiger charge is 2.42. The third-order valence-electron chi connectivity index (χ3n) is 6.66. The highest BCUT2D eigenvalue weighted by Crippen LogP contribution is 2.50. The minimum absolute atomic E-state index is 0.141. The number of hydrogen-bond donors (Lipinski definition) is 0. The summed E-state index contributed by atoms with van der Waals surface area (Å²) in [5.74, 6) is 1.88. The zero-order valence-corrected chi connectivity index (χ0v) is 19.4. The largest absolute Gasteiger partial charge is 0.482 e. The zero-order valence-electron chi connectivity index (χ0n) is 19.4. The molecule has 0 saturated carbocycles. The van der Waals surface area contributed by atoms with Crippen LogP contribution in [-0.4, -0.2) is 17.4 Å². The van der Waals surface area contributed by atoms with E-state index in [0.29, 0.717) is 24.0 Å². The number of benzene rings is 1. The monoisotopic (exact) mass is 412 g/mol. The van der Waals surface area contributed by atoms with E-state index < -0.39 is 5.60 Å². The molecule has 4 nitrogen and oxygen atoms in total. The molecule has 1 heterocycles. The van der Waals surface area contributed by atoms with E-state index in [4.69, 9.17) is 9.47 Å². The summed E-state index contributed by atoms with van der Waals surface area (Å²) in [6.45, 7) is 12.1. The molecule has 164 valence electrons. The third-order valence-corrected chi connectivity index (χ3v) is 6.66. The summed E-state index contributed by atoms with van der Waals surface area (Å²) in [5.41, 5.74) is 2.97. The van der Waals surface area contributed by atoms with E-state index in [1.165, 1.54) is 32.6 Å². The van der Waals surface area contributed by atoms with Gasteiger partial charge in [0.2, 0.25) is 0 Å². The van der Waals surface area contributed by atoms with E-state index >= 15 is 0 Å². The van der Waals surface area contributed by atoms with Crippen molar-refractivity contribution in [3.8, 4) is 11.5 Å². The van der Waals surface area contributed by atoms with Crippen LogP contribution in [0.5, 0.6) is 11.5 Å². The molecule has 0 radical (unpaired) electrons. The SMILES string of the molecule is CCCCCC(C)C(C)c1cc(OC(C)=O)c2c(c1)OC(C)(C)C1=C2CCCC1=O. The lowest BCUT2D eigenvalue weighted by atomic mass is 9.76. The fraction of sp³-hybridized carbons (Fsp3) is 0.615. The molecule has 2 aliphatic rings. The van der Waals surface area contributed by atoms with E-state index in [1.807, 2.05) is 19.9 Å². The maximum Gasteiger partial charge on any atom is 0.308 e. The van der Waals surface area contributed by atoms with Gasteiger partial charge in [-0.2, -0.15) is 0 Å². The van der Waals surface area contributed by atoms with Crippen LogP contribution < -0.4 is 9.47 Å². The highest BCUT2D eigenvalue weighted by atomic mass is 16.5. The number of carbonyl (C=O) groups is 2. The first kappa shape index (κ1) is 22.6. The van der Waals surface area contributed by atoms with Gasteiger partial charge >= 0.3 is 5.97 Å². The molecule has 3 rings (SSSR count). The molecule has 0 spiro atoms. The summed E-state index contributed by atoms with van der Waals surface area (Å²) in [7, 11) is 0. The van der Waals surface area contributed by atoms with Crippen LogP contribution in [-0.2, 0) is 9.59 Å². The van der Waals surface area contributed by atoms with Crippen LogP contribution in [0.15, 0.2) is 17.7 Å². The average molecular weight is 413 g/mol. The lowest BCUT2D eigenvalue weighted by Crippen LogP contribution is -2.39. The van der Waals surface area contributed by atoms with Gasteiger partial charge in [-0.05, 0) is 61.8 Å². The topological polar surface area (TPSA) is 52.6 Å². The Morgan fingerprint density at radius 2 is 1.93 bits per heavy atom. The number of fused-ring (bicyclic) bond motifs is 2. The van der Waals surface area contributed by atoms with Crippen molar-refractivity contribution in [2.75, 3.05) is 0 Å². The van der Waals surface area contributed by atoms with Crippen molar-refractivity contribution in [1.29, 1.82) is 0 Å². The first-order valence-corrected chi connectivity index (χ1v) is 11.5. The molecule has 0 bridgehead atoms. The number of carbonyl (C=O) groups excluding carboxylic acids is 2. The second kappa shape index (κ2) is 8.95. The first-order chi connectivity index (χ1) is 14.2. The fourth-order valence-corrected chi connectivity index (χ4v) is 4.90.